The highest BCUT2D eigenvalue weighted by Gasteiger charge is 2.18. The number of thiazole rings is 1. The van der Waals surface area contributed by atoms with E-state index in [4.69, 9.17) is 0 Å². The van der Waals surface area contributed by atoms with Crippen molar-refractivity contribution in [3.63, 3.8) is 0 Å². The number of nitrogens with one attached hydrogen (secondary N) is 1. The first-order valence-corrected chi connectivity index (χ1v) is 7.48. The molecule has 0 bridgehead atoms. The highest BCUT2D eigenvalue weighted by atomic mass is 32.1. The van der Waals surface area contributed by atoms with E-state index in [0.717, 1.165) is 10.6 Å². The number of carbonyl (C=O) groups is 1. The largest absolute Gasteiger partial charge is 0.346 e. The summed E-state index contributed by atoms with van der Waals surface area (Å²) in [6, 6.07) is 3.92. The fourth-order valence-electron chi connectivity index (χ4n) is 1.45. The molecule has 2 rings (SSSR count). The number of thiophene rings is 1. The molecule has 0 aliphatic rings. The van der Waals surface area contributed by atoms with Crippen LogP contribution in [0.2, 0.25) is 0 Å². The summed E-state index contributed by atoms with van der Waals surface area (Å²) < 4.78 is 0. The molecule has 0 saturated heterocycles. The molecule has 1 amide bonds. The number of hydrogen-bond donors (Lipinski definition) is 1. The second-order valence-corrected chi connectivity index (χ2v) is 6.88. The van der Waals surface area contributed by atoms with Crippen molar-refractivity contribution < 1.29 is 4.79 Å². The molecule has 2 heterocycles. The van der Waals surface area contributed by atoms with Gasteiger partial charge in [-0.05, 0) is 17.5 Å². The van der Waals surface area contributed by atoms with Crippen LogP contribution >= 0.6 is 22.7 Å². The van der Waals surface area contributed by atoms with Crippen molar-refractivity contribution in [2.24, 2.45) is 0 Å². The lowest BCUT2D eigenvalue weighted by Crippen LogP contribution is -2.21. The molecule has 96 valence electrons. The molecule has 2 aromatic heterocycles. The van der Waals surface area contributed by atoms with Gasteiger partial charge in [0.05, 0.1) is 22.6 Å². The highest BCUT2D eigenvalue weighted by molar-refractivity contribution is 7.14. The third-order valence-corrected chi connectivity index (χ3v) is 4.63. The van der Waals surface area contributed by atoms with Crippen LogP contribution in [0.1, 0.15) is 41.0 Å². The Morgan fingerprint density at radius 3 is 2.72 bits per heavy atom. The van der Waals surface area contributed by atoms with Crippen molar-refractivity contribution >= 4 is 28.6 Å². The van der Waals surface area contributed by atoms with Gasteiger partial charge in [-0.15, -0.1) is 22.7 Å². The van der Waals surface area contributed by atoms with E-state index in [1.165, 1.54) is 16.2 Å². The summed E-state index contributed by atoms with van der Waals surface area (Å²) in [6.07, 6.45) is 0. The topological polar surface area (TPSA) is 42.0 Å². The first kappa shape index (κ1) is 13.2. The van der Waals surface area contributed by atoms with Gasteiger partial charge in [0.1, 0.15) is 0 Å². The Labute approximate surface area is 115 Å². The molecular formula is C13H16N2OS2. The van der Waals surface area contributed by atoms with Crippen molar-refractivity contribution in [2.45, 2.75) is 32.7 Å². The summed E-state index contributed by atoms with van der Waals surface area (Å²) in [5, 5.41) is 4.82. The highest BCUT2D eigenvalue weighted by Crippen LogP contribution is 2.29. The molecule has 0 aliphatic carbocycles. The molecule has 2 aromatic rings. The fourth-order valence-corrected chi connectivity index (χ4v) is 2.98. The van der Waals surface area contributed by atoms with Gasteiger partial charge in [0.2, 0.25) is 0 Å². The second kappa shape index (κ2) is 5.20. The zero-order chi connectivity index (χ0) is 13.2. The van der Waals surface area contributed by atoms with Crippen LogP contribution in [0.15, 0.2) is 23.0 Å². The van der Waals surface area contributed by atoms with Crippen molar-refractivity contribution in [3.8, 4) is 0 Å². The molecule has 0 atom stereocenters. The van der Waals surface area contributed by atoms with E-state index in [1.54, 1.807) is 16.8 Å². The smallest absolute Gasteiger partial charge is 0.261 e. The molecule has 0 fully saturated rings. The van der Waals surface area contributed by atoms with Gasteiger partial charge in [0, 0.05) is 10.3 Å². The summed E-state index contributed by atoms with van der Waals surface area (Å²) in [5.41, 5.74) is 2.77. The van der Waals surface area contributed by atoms with E-state index >= 15 is 0 Å². The molecule has 5 heteroatoms. The molecule has 0 saturated carbocycles. The predicted molar refractivity (Wildman–Crippen MR) is 76.3 cm³/mol. The number of nitrogens with zero attached hydrogens (tertiary/aromatic N) is 1. The van der Waals surface area contributed by atoms with Crippen LogP contribution in [0.5, 0.6) is 0 Å². The molecule has 0 unspecified atom stereocenters. The van der Waals surface area contributed by atoms with Crippen molar-refractivity contribution in [1.82, 2.24) is 10.3 Å². The quantitative estimate of drug-likeness (QED) is 0.936. The molecular weight excluding hydrogens is 264 g/mol. The number of rotatable bonds is 3. The molecule has 0 aromatic carbocycles. The van der Waals surface area contributed by atoms with Gasteiger partial charge in [-0.25, -0.2) is 4.98 Å². The zero-order valence-corrected chi connectivity index (χ0v) is 12.3. The normalized spacial score (nSPS) is 11.5. The van der Waals surface area contributed by atoms with E-state index in [1.807, 2.05) is 17.5 Å². The molecule has 0 radical (unpaired) electrons. The van der Waals surface area contributed by atoms with Crippen LogP contribution in [0.4, 0.5) is 0 Å². The summed E-state index contributed by atoms with van der Waals surface area (Å²) >= 11 is 3.09. The lowest BCUT2D eigenvalue weighted by molar-refractivity contribution is 0.0954. The minimum absolute atomic E-state index is 0.0245. The van der Waals surface area contributed by atoms with E-state index < -0.39 is 0 Å². The van der Waals surface area contributed by atoms with Gasteiger partial charge in [-0.3, -0.25) is 4.79 Å². The number of hydrogen-bond acceptors (Lipinski definition) is 4. The predicted octanol–water partition coefficient (Wildman–Crippen LogP) is 3.43. The minimum atomic E-state index is -0.0245. The first-order valence-electron chi connectivity index (χ1n) is 5.72. The average Bonchev–Trinajstić information content (AvgIpc) is 2.96. The van der Waals surface area contributed by atoms with E-state index in [-0.39, 0.29) is 11.3 Å². The Morgan fingerprint density at radius 2 is 2.17 bits per heavy atom. The number of aromatic nitrogens is 1. The number of amides is 1. The molecule has 1 N–H and O–H groups in total. The van der Waals surface area contributed by atoms with Crippen LogP contribution in [-0.2, 0) is 12.0 Å². The van der Waals surface area contributed by atoms with Gasteiger partial charge >= 0.3 is 0 Å². The average molecular weight is 280 g/mol. The zero-order valence-electron chi connectivity index (χ0n) is 10.7. The SMILES string of the molecule is CC(C)(C)c1ccc(C(=O)NCc2cscn2)s1. The maximum Gasteiger partial charge on any atom is 0.261 e. The van der Waals surface area contributed by atoms with Crippen molar-refractivity contribution in [2.75, 3.05) is 0 Å². The van der Waals surface area contributed by atoms with Gasteiger partial charge in [-0.1, -0.05) is 20.8 Å². The van der Waals surface area contributed by atoms with Gasteiger partial charge < -0.3 is 5.32 Å². The Morgan fingerprint density at radius 1 is 1.39 bits per heavy atom. The standard InChI is InChI=1S/C13H16N2OS2/c1-13(2,3)11-5-4-10(18-11)12(16)14-6-9-7-17-8-15-9/h4-5,7-8H,6H2,1-3H3,(H,14,16). The van der Waals surface area contributed by atoms with Crippen LogP contribution < -0.4 is 5.32 Å². The van der Waals surface area contributed by atoms with Gasteiger partial charge in [-0.2, -0.15) is 0 Å². The van der Waals surface area contributed by atoms with Crippen LogP contribution in [0.25, 0.3) is 0 Å². The van der Waals surface area contributed by atoms with Crippen molar-refractivity contribution in [1.29, 1.82) is 0 Å². The summed E-state index contributed by atoms with van der Waals surface area (Å²) in [6.45, 7) is 6.94. The maximum atomic E-state index is 12.0. The monoisotopic (exact) mass is 280 g/mol. The fraction of sp³-hybridized carbons (Fsp3) is 0.385. The van der Waals surface area contributed by atoms with Crippen LogP contribution in [0, 0.1) is 0 Å². The lowest BCUT2D eigenvalue weighted by Gasteiger charge is -2.15. The first-order chi connectivity index (χ1) is 8.47. The van der Waals surface area contributed by atoms with Crippen LogP contribution in [-0.4, -0.2) is 10.9 Å². The third-order valence-electron chi connectivity index (χ3n) is 2.48. The van der Waals surface area contributed by atoms with Gasteiger partial charge in [0.25, 0.3) is 5.91 Å². The Kier molecular flexibility index (Phi) is 3.82. The summed E-state index contributed by atoms with van der Waals surface area (Å²) in [4.78, 5) is 18.1. The van der Waals surface area contributed by atoms with E-state index in [0.29, 0.717) is 6.54 Å². The Hall–Kier alpha value is -1.20. The van der Waals surface area contributed by atoms with E-state index in [9.17, 15) is 4.79 Å². The molecule has 18 heavy (non-hydrogen) atoms. The van der Waals surface area contributed by atoms with Gasteiger partial charge in [0.15, 0.2) is 0 Å². The summed E-state index contributed by atoms with van der Waals surface area (Å²) in [5.74, 6) is -0.0245. The van der Waals surface area contributed by atoms with Crippen molar-refractivity contribution in [3.05, 3.63) is 38.5 Å². The number of carbonyl (C=O) groups excluding carboxylic acids is 1. The minimum Gasteiger partial charge on any atom is -0.346 e. The molecule has 3 nitrogen and oxygen atoms in total. The Balaban J connectivity index is 1.99. The molecule has 0 aliphatic heterocycles. The van der Waals surface area contributed by atoms with E-state index in [2.05, 4.69) is 31.1 Å². The third kappa shape index (κ3) is 3.17. The molecule has 0 spiro atoms. The van der Waals surface area contributed by atoms with Crippen LogP contribution in [0.3, 0.4) is 0 Å². The maximum absolute atomic E-state index is 12.0. The summed E-state index contributed by atoms with van der Waals surface area (Å²) in [7, 11) is 0. The Bertz CT molecular complexity index is 523. The second-order valence-electron chi connectivity index (χ2n) is 5.08. The lowest BCUT2D eigenvalue weighted by atomic mass is 9.95.